The monoisotopic (exact) mass is 296 g/mol. The largest absolute Gasteiger partial charge is 0.308 e. The summed E-state index contributed by atoms with van der Waals surface area (Å²) >= 11 is 0. The summed E-state index contributed by atoms with van der Waals surface area (Å²) in [6.07, 6.45) is 5.31. The Labute approximate surface area is 132 Å². The van der Waals surface area contributed by atoms with E-state index < -0.39 is 0 Å². The highest BCUT2D eigenvalue weighted by Gasteiger charge is 2.20. The summed E-state index contributed by atoms with van der Waals surface area (Å²) in [6.45, 7) is 6.14. The molecule has 0 fully saturated rings. The van der Waals surface area contributed by atoms with E-state index in [-0.39, 0.29) is 0 Å². The molecule has 1 aromatic carbocycles. The minimum Gasteiger partial charge on any atom is -0.308 e. The Morgan fingerprint density at radius 3 is 2.95 bits per heavy atom. The summed E-state index contributed by atoms with van der Waals surface area (Å²) in [5.41, 5.74) is 2.61. The summed E-state index contributed by atoms with van der Waals surface area (Å²) in [5, 5.41) is 8.22. The molecule has 0 radical (unpaired) electrons. The van der Waals surface area contributed by atoms with E-state index in [4.69, 9.17) is 0 Å². The third-order valence-electron chi connectivity index (χ3n) is 4.10. The Morgan fingerprint density at radius 2 is 2.18 bits per heavy atom. The first-order chi connectivity index (χ1) is 10.7. The van der Waals surface area contributed by atoms with E-state index in [1.165, 1.54) is 11.1 Å². The Hall–Kier alpha value is -1.94. The van der Waals surface area contributed by atoms with Gasteiger partial charge in [0, 0.05) is 25.4 Å². The van der Waals surface area contributed by atoms with Crippen molar-refractivity contribution < 1.29 is 0 Å². The van der Waals surface area contributed by atoms with Crippen molar-refractivity contribution in [2.45, 2.75) is 45.7 Å². The van der Waals surface area contributed by atoms with Crippen LogP contribution in [0.3, 0.4) is 0 Å². The number of rotatable bonds is 5. The number of benzene rings is 1. The van der Waals surface area contributed by atoms with Crippen molar-refractivity contribution in [1.82, 2.24) is 20.1 Å². The van der Waals surface area contributed by atoms with Crippen LogP contribution in [0.4, 0.5) is 0 Å². The minimum absolute atomic E-state index is 0.484. The van der Waals surface area contributed by atoms with Crippen LogP contribution in [0, 0.1) is 0 Å². The van der Waals surface area contributed by atoms with E-state index >= 15 is 0 Å². The summed E-state index contributed by atoms with van der Waals surface area (Å²) in [4.78, 5) is 4.57. The van der Waals surface area contributed by atoms with Crippen LogP contribution in [0.2, 0.25) is 0 Å². The van der Waals surface area contributed by atoms with Gasteiger partial charge < -0.3 is 5.32 Å². The van der Waals surface area contributed by atoms with Crippen LogP contribution in [-0.2, 0) is 19.4 Å². The SMILES string of the molecule is CCc1nc2n(n1)CC(NC/C(C)=C/c1ccccc1)CC2. The second-order valence-corrected chi connectivity index (χ2v) is 6.00. The molecule has 0 bridgehead atoms. The fraction of sp³-hybridized carbons (Fsp3) is 0.444. The van der Waals surface area contributed by atoms with E-state index in [0.29, 0.717) is 6.04 Å². The zero-order valence-electron chi connectivity index (χ0n) is 13.4. The Bertz CT molecular complexity index is 642. The highest BCUT2D eigenvalue weighted by Crippen LogP contribution is 2.14. The van der Waals surface area contributed by atoms with Gasteiger partial charge >= 0.3 is 0 Å². The van der Waals surface area contributed by atoms with Crippen molar-refractivity contribution in [3.05, 3.63) is 53.1 Å². The summed E-state index contributed by atoms with van der Waals surface area (Å²) in [5.74, 6) is 2.11. The van der Waals surface area contributed by atoms with Crippen LogP contribution in [-0.4, -0.2) is 27.4 Å². The Morgan fingerprint density at radius 1 is 1.36 bits per heavy atom. The molecule has 1 aromatic heterocycles. The van der Waals surface area contributed by atoms with Gasteiger partial charge in [-0.1, -0.05) is 48.9 Å². The van der Waals surface area contributed by atoms with Crippen LogP contribution in [0.1, 0.15) is 37.5 Å². The molecule has 1 aliphatic heterocycles. The van der Waals surface area contributed by atoms with Crippen LogP contribution in [0.15, 0.2) is 35.9 Å². The number of aryl methyl sites for hydroxylation is 2. The molecule has 0 saturated carbocycles. The highest BCUT2D eigenvalue weighted by atomic mass is 15.4. The van der Waals surface area contributed by atoms with Gasteiger partial charge in [0.05, 0.1) is 6.54 Å². The van der Waals surface area contributed by atoms with Gasteiger partial charge in [0.2, 0.25) is 0 Å². The number of hydrogen-bond donors (Lipinski definition) is 1. The van der Waals surface area contributed by atoms with Crippen molar-refractivity contribution in [1.29, 1.82) is 0 Å². The van der Waals surface area contributed by atoms with Gasteiger partial charge in [-0.3, -0.25) is 0 Å². The van der Waals surface area contributed by atoms with E-state index in [1.54, 1.807) is 0 Å². The lowest BCUT2D eigenvalue weighted by atomic mass is 10.1. The van der Waals surface area contributed by atoms with Gasteiger partial charge in [-0.25, -0.2) is 9.67 Å². The highest BCUT2D eigenvalue weighted by molar-refractivity contribution is 5.52. The van der Waals surface area contributed by atoms with Crippen LogP contribution >= 0.6 is 0 Å². The Kier molecular flexibility index (Phi) is 4.68. The topological polar surface area (TPSA) is 42.7 Å². The van der Waals surface area contributed by atoms with E-state index in [0.717, 1.165) is 44.0 Å². The first-order valence-electron chi connectivity index (χ1n) is 8.13. The fourth-order valence-corrected chi connectivity index (χ4v) is 2.87. The van der Waals surface area contributed by atoms with E-state index in [1.807, 2.05) is 6.07 Å². The summed E-state index contributed by atoms with van der Waals surface area (Å²) in [7, 11) is 0. The van der Waals surface area contributed by atoms with Gasteiger partial charge in [-0.15, -0.1) is 0 Å². The molecule has 0 saturated heterocycles. The molecule has 1 unspecified atom stereocenters. The minimum atomic E-state index is 0.484. The number of nitrogens with one attached hydrogen (secondary N) is 1. The average Bonchev–Trinajstić information content (AvgIpc) is 2.96. The maximum Gasteiger partial charge on any atom is 0.150 e. The molecule has 116 valence electrons. The fourth-order valence-electron chi connectivity index (χ4n) is 2.87. The third-order valence-corrected chi connectivity index (χ3v) is 4.10. The number of hydrogen-bond acceptors (Lipinski definition) is 3. The molecule has 0 aliphatic carbocycles. The second-order valence-electron chi connectivity index (χ2n) is 6.00. The summed E-state index contributed by atoms with van der Waals surface area (Å²) < 4.78 is 2.08. The molecule has 4 nitrogen and oxygen atoms in total. The van der Waals surface area contributed by atoms with Crippen LogP contribution in [0.25, 0.3) is 6.08 Å². The van der Waals surface area contributed by atoms with Crippen molar-refractivity contribution in [3.63, 3.8) is 0 Å². The van der Waals surface area contributed by atoms with Crippen molar-refractivity contribution in [2.24, 2.45) is 0 Å². The molecule has 2 heterocycles. The lowest BCUT2D eigenvalue weighted by molar-refractivity contribution is 0.367. The first kappa shape index (κ1) is 15.0. The van der Waals surface area contributed by atoms with E-state index in [9.17, 15) is 0 Å². The van der Waals surface area contributed by atoms with Crippen molar-refractivity contribution in [3.8, 4) is 0 Å². The predicted octanol–water partition coefficient (Wildman–Crippen LogP) is 2.85. The molecule has 2 aromatic rings. The van der Waals surface area contributed by atoms with Crippen molar-refractivity contribution in [2.75, 3.05) is 6.54 Å². The molecule has 4 heteroatoms. The molecule has 1 aliphatic rings. The van der Waals surface area contributed by atoms with Gasteiger partial charge in [0.15, 0.2) is 5.82 Å². The lowest BCUT2D eigenvalue weighted by Gasteiger charge is -2.23. The van der Waals surface area contributed by atoms with E-state index in [2.05, 4.69) is 64.3 Å². The van der Waals surface area contributed by atoms with Crippen LogP contribution < -0.4 is 5.32 Å². The third kappa shape index (κ3) is 3.63. The van der Waals surface area contributed by atoms with Gasteiger partial charge in [0.1, 0.15) is 5.82 Å². The molecule has 1 N–H and O–H groups in total. The molecule has 22 heavy (non-hydrogen) atoms. The molecule has 1 atom stereocenters. The molecule has 0 amide bonds. The maximum absolute atomic E-state index is 4.57. The number of fused-ring (bicyclic) bond motifs is 1. The van der Waals surface area contributed by atoms with Gasteiger partial charge in [-0.05, 0) is 18.9 Å². The lowest BCUT2D eigenvalue weighted by Crippen LogP contribution is -2.38. The predicted molar refractivity (Wildman–Crippen MR) is 89.6 cm³/mol. The molecular formula is C18H24N4. The van der Waals surface area contributed by atoms with Gasteiger partial charge in [0.25, 0.3) is 0 Å². The normalized spacial score (nSPS) is 18.3. The second kappa shape index (κ2) is 6.88. The van der Waals surface area contributed by atoms with Gasteiger partial charge in [-0.2, -0.15) is 5.10 Å². The quantitative estimate of drug-likeness (QED) is 0.922. The van der Waals surface area contributed by atoms with Crippen LogP contribution in [0.5, 0.6) is 0 Å². The van der Waals surface area contributed by atoms with Crippen molar-refractivity contribution >= 4 is 6.08 Å². The number of nitrogens with zero attached hydrogens (tertiary/aromatic N) is 3. The zero-order valence-corrected chi connectivity index (χ0v) is 13.4. The zero-order chi connectivity index (χ0) is 15.4. The maximum atomic E-state index is 4.57. The molecule has 3 rings (SSSR count). The average molecular weight is 296 g/mol. The number of aromatic nitrogens is 3. The Balaban J connectivity index is 1.55. The molecule has 0 spiro atoms. The standard InChI is InChI=1S/C18H24N4/c1-3-17-20-18-10-9-16(13-22(18)21-17)19-12-14(2)11-15-7-5-4-6-8-15/h4-8,11,16,19H,3,9-10,12-13H2,1-2H3/b14-11+. The molecular weight excluding hydrogens is 272 g/mol. The smallest absolute Gasteiger partial charge is 0.150 e. The first-order valence-corrected chi connectivity index (χ1v) is 8.13. The summed E-state index contributed by atoms with van der Waals surface area (Å²) in [6, 6.07) is 11.0.